The van der Waals surface area contributed by atoms with E-state index in [1.54, 1.807) is 6.20 Å². The van der Waals surface area contributed by atoms with Crippen molar-refractivity contribution < 1.29 is 5.21 Å². The number of pyridine rings is 1. The molecule has 0 saturated carbocycles. The van der Waals surface area contributed by atoms with E-state index in [1.807, 2.05) is 13.0 Å². The Morgan fingerprint density at radius 3 is 3.05 bits per heavy atom. The van der Waals surface area contributed by atoms with Crippen molar-refractivity contribution in [3.8, 4) is 0 Å². The lowest BCUT2D eigenvalue weighted by molar-refractivity contribution is 0.318. The summed E-state index contributed by atoms with van der Waals surface area (Å²) in [5.74, 6) is 1.00. The molecule has 1 fully saturated rings. The van der Waals surface area contributed by atoms with Crippen LogP contribution >= 0.6 is 0 Å². The summed E-state index contributed by atoms with van der Waals surface area (Å²) >= 11 is 0. The van der Waals surface area contributed by atoms with Gasteiger partial charge >= 0.3 is 0 Å². The van der Waals surface area contributed by atoms with Crippen LogP contribution in [0.4, 0.5) is 5.82 Å². The van der Waals surface area contributed by atoms with E-state index in [4.69, 9.17) is 10.9 Å². The van der Waals surface area contributed by atoms with Crippen molar-refractivity contribution in [2.45, 2.75) is 52.0 Å². The van der Waals surface area contributed by atoms with Crippen molar-refractivity contribution in [2.24, 2.45) is 10.9 Å². The van der Waals surface area contributed by atoms with Gasteiger partial charge in [-0.2, -0.15) is 0 Å². The molecule has 0 aliphatic carbocycles. The van der Waals surface area contributed by atoms with Crippen molar-refractivity contribution >= 4 is 11.7 Å². The Morgan fingerprint density at radius 2 is 2.35 bits per heavy atom. The first-order valence-electron chi connectivity index (χ1n) is 7.39. The maximum absolute atomic E-state index is 9.02. The molecule has 1 aromatic heterocycles. The highest BCUT2D eigenvalue weighted by Gasteiger charge is 2.26. The fourth-order valence-electron chi connectivity index (χ4n) is 3.04. The van der Waals surface area contributed by atoms with Crippen LogP contribution in [-0.4, -0.2) is 28.6 Å². The molecule has 5 nitrogen and oxygen atoms in total. The second kappa shape index (κ2) is 6.59. The molecule has 1 atom stereocenters. The van der Waals surface area contributed by atoms with Gasteiger partial charge < -0.3 is 15.8 Å². The van der Waals surface area contributed by atoms with Crippen molar-refractivity contribution in [1.82, 2.24) is 4.98 Å². The molecule has 1 aliphatic heterocycles. The van der Waals surface area contributed by atoms with E-state index in [1.165, 1.54) is 19.3 Å². The summed E-state index contributed by atoms with van der Waals surface area (Å²) in [7, 11) is 0. The maximum Gasteiger partial charge on any atom is 0.174 e. The van der Waals surface area contributed by atoms with Crippen LogP contribution in [0.1, 0.15) is 50.2 Å². The zero-order valence-corrected chi connectivity index (χ0v) is 12.3. The van der Waals surface area contributed by atoms with Crippen LogP contribution in [0, 0.1) is 6.92 Å². The van der Waals surface area contributed by atoms with Gasteiger partial charge in [0, 0.05) is 18.8 Å². The van der Waals surface area contributed by atoms with E-state index in [0.717, 1.165) is 36.3 Å². The van der Waals surface area contributed by atoms with Crippen LogP contribution in [0.2, 0.25) is 0 Å². The Balaban J connectivity index is 2.42. The second-order valence-electron chi connectivity index (χ2n) is 5.44. The van der Waals surface area contributed by atoms with Gasteiger partial charge in [-0.05, 0) is 44.2 Å². The van der Waals surface area contributed by atoms with Gasteiger partial charge in [0.25, 0.3) is 0 Å². The highest BCUT2D eigenvalue weighted by atomic mass is 16.4. The number of aromatic nitrogens is 1. The van der Waals surface area contributed by atoms with Gasteiger partial charge in [0.1, 0.15) is 5.82 Å². The molecule has 0 bridgehead atoms. The van der Waals surface area contributed by atoms with E-state index in [9.17, 15) is 0 Å². The van der Waals surface area contributed by atoms with Crippen molar-refractivity contribution in [1.29, 1.82) is 0 Å². The summed E-state index contributed by atoms with van der Waals surface area (Å²) in [6, 6.07) is 2.41. The maximum atomic E-state index is 9.02. The molecule has 1 unspecified atom stereocenters. The van der Waals surface area contributed by atoms with Crippen LogP contribution in [0.3, 0.4) is 0 Å². The van der Waals surface area contributed by atoms with Gasteiger partial charge in [-0.1, -0.05) is 18.5 Å². The summed E-state index contributed by atoms with van der Waals surface area (Å²) in [5.41, 5.74) is 7.61. The van der Waals surface area contributed by atoms with Crippen LogP contribution in [0.5, 0.6) is 0 Å². The molecule has 110 valence electrons. The topological polar surface area (TPSA) is 74.7 Å². The van der Waals surface area contributed by atoms with Crippen LogP contribution in [0.15, 0.2) is 17.4 Å². The van der Waals surface area contributed by atoms with Gasteiger partial charge in [0.15, 0.2) is 5.84 Å². The first-order chi connectivity index (χ1) is 9.69. The summed E-state index contributed by atoms with van der Waals surface area (Å²) < 4.78 is 0. The van der Waals surface area contributed by atoms with Gasteiger partial charge in [-0.3, -0.25) is 0 Å². The number of nitrogens with zero attached hydrogens (tertiary/aromatic N) is 3. The molecule has 1 saturated heterocycles. The zero-order valence-electron chi connectivity index (χ0n) is 12.3. The number of aryl methyl sites for hydroxylation is 1. The van der Waals surface area contributed by atoms with Gasteiger partial charge in [-0.15, -0.1) is 0 Å². The minimum Gasteiger partial charge on any atom is -0.409 e. The third-order valence-electron chi connectivity index (χ3n) is 4.02. The Morgan fingerprint density at radius 1 is 1.55 bits per heavy atom. The molecule has 2 heterocycles. The largest absolute Gasteiger partial charge is 0.409 e. The second-order valence-corrected chi connectivity index (χ2v) is 5.44. The van der Waals surface area contributed by atoms with Crippen LogP contribution < -0.4 is 10.6 Å². The molecule has 5 heteroatoms. The smallest absolute Gasteiger partial charge is 0.174 e. The normalized spacial score (nSPS) is 20.2. The Hall–Kier alpha value is -1.78. The predicted octanol–water partition coefficient (Wildman–Crippen LogP) is 2.64. The van der Waals surface area contributed by atoms with Crippen LogP contribution in [0.25, 0.3) is 0 Å². The fourth-order valence-corrected chi connectivity index (χ4v) is 3.04. The number of amidine groups is 1. The monoisotopic (exact) mass is 276 g/mol. The molecule has 20 heavy (non-hydrogen) atoms. The Bertz CT molecular complexity index is 485. The highest BCUT2D eigenvalue weighted by molar-refractivity contribution is 6.02. The van der Waals surface area contributed by atoms with E-state index < -0.39 is 0 Å². The molecule has 0 radical (unpaired) electrons. The van der Waals surface area contributed by atoms with Gasteiger partial charge in [0.2, 0.25) is 0 Å². The molecular weight excluding hydrogens is 252 g/mol. The molecule has 1 aromatic rings. The molecule has 2 rings (SSSR count). The quantitative estimate of drug-likeness (QED) is 0.384. The van der Waals surface area contributed by atoms with Crippen molar-refractivity contribution in [2.75, 3.05) is 11.4 Å². The molecule has 3 N–H and O–H groups in total. The summed E-state index contributed by atoms with van der Waals surface area (Å²) in [4.78, 5) is 6.86. The first-order valence-corrected chi connectivity index (χ1v) is 7.39. The molecule has 0 amide bonds. The first kappa shape index (κ1) is 14.6. The third-order valence-corrected chi connectivity index (χ3v) is 4.02. The fraction of sp³-hybridized carbons (Fsp3) is 0.600. The van der Waals surface area contributed by atoms with Crippen LogP contribution in [-0.2, 0) is 0 Å². The van der Waals surface area contributed by atoms with E-state index in [0.29, 0.717) is 6.04 Å². The number of nitrogens with two attached hydrogens (primary N) is 1. The molecular formula is C15H24N4O. The van der Waals surface area contributed by atoms with E-state index >= 15 is 0 Å². The highest BCUT2D eigenvalue weighted by Crippen LogP contribution is 2.29. The Labute approximate surface area is 120 Å². The number of rotatable bonds is 4. The van der Waals surface area contributed by atoms with Crippen molar-refractivity contribution in [3.05, 3.63) is 23.4 Å². The Kier molecular flexibility index (Phi) is 4.82. The average molecular weight is 276 g/mol. The lowest BCUT2D eigenvalue weighted by Gasteiger charge is -2.37. The minimum atomic E-state index is 0.145. The standard InChI is InChI=1S/C15H24N4O/c1-3-6-12-7-4-5-10-19(12)15-13(14(16)18-20)11(2)8-9-17-15/h8-9,12,20H,3-7,10H2,1-2H3,(H2,16,18). The van der Waals surface area contributed by atoms with E-state index in [-0.39, 0.29) is 5.84 Å². The number of hydrogen-bond donors (Lipinski definition) is 2. The number of anilines is 1. The summed E-state index contributed by atoms with van der Waals surface area (Å²) in [6.07, 6.45) is 7.75. The number of oxime groups is 1. The minimum absolute atomic E-state index is 0.145. The lowest BCUT2D eigenvalue weighted by Crippen LogP contribution is -2.41. The number of piperidine rings is 1. The predicted molar refractivity (Wildman–Crippen MR) is 81.4 cm³/mol. The summed E-state index contributed by atoms with van der Waals surface area (Å²) in [5, 5.41) is 12.2. The summed E-state index contributed by atoms with van der Waals surface area (Å²) in [6.45, 7) is 5.17. The molecule has 0 aromatic carbocycles. The number of hydrogen-bond acceptors (Lipinski definition) is 4. The SMILES string of the molecule is CCCC1CCCCN1c1nccc(C)c1/C(N)=N/O. The van der Waals surface area contributed by atoms with E-state index in [2.05, 4.69) is 22.0 Å². The van der Waals surface area contributed by atoms with Gasteiger partial charge in [0.05, 0.1) is 5.56 Å². The average Bonchev–Trinajstić information content (AvgIpc) is 2.47. The lowest BCUT2D eigenvalue weighted by atomic mass is 9.97. The third kappa shape index (κ3) is 2.86. The zero-order chi connectivity index (χ0) is 14.5. The molecule has 0 spiro atoms. The van der Waals surface area contributed by atoms with Crippen molar-refractivity contribution in [3.63, 3.8) is 0 Å². The van der Waals surface area contributed by atoms with Gasteiger partial charge in [-0.25, -0.2) is 4.98 Å². The molecule has 1 aliphatic rings.